The summed E-state index contributed by atoms with van der Waals surface area (Å²) < 4.78 is 4.29. The topological polar surface area (TPSA) is 75.6 Å². The van der Waals surface area contributed by atoms with Gasteiger partial charge in [-0.05, 0) is 12.8 Å². The normalized spacial score (nSPS) is 11.3. The summed E-state index contributed by atoms with van der Waals surface area (Å²) in [5.74, 6) is 1.52. The molecular formula is C11H17NO4. The summed E-state index contributed by atoms with van der Waals surface area (Å²) in [6, 6.07) is 0. The Hall–Kier alpha value is -1.54. The molecule has 0 saturated carbocycles. The molecule has 90 valence electrons. The Balaban J connectivity index is 3.58. The van der Waals surface area contributed by atoms with Crippen molar-refractivity contribution in [2.75, 3.05) is 13.7 Å². The van der Waals surface area contributed by atoms with Crippen LogP contribution in [0.25, 0.3) is 0 Å². The van der Waals surface area contributed by atoms with Gasteiger partial charge in [-0.2, -0.15) is 0 Å². The van der Waals surface area contributed by atoms with Crippen molar-refractivity contribution in [1.29, 1.82) is 0 Å². The molecule has 16 heavy (non-hydrogen) atoms. The van der Waals surface area contributed by atoms with E-state index in [9.17, 15) is 9.59 Å². The maximum absolute atomic E-state index is 11.2. The molecule has 5 nitrogen and oxygen atoms in total. The van der Waals surface area contributed by atoms with Crippen LogP contribution in [-0.2, 0) is 14.3 Å². The fourth-order valence-electron chi connectivity index (χ4n) is 1.03. The van der Waals surface area contributed by atoms with Crippen molar-refractivity contribution >= 4 is 11.9 Å². The molecular weight excluding hydrogens is 210 g/mol. The molecule has 0 aromatic heterocycles. The molecule has 0 fully saturated rings. The van der Waals surface area contributed by atoms with E-state index in [1.165, 1.54) is 7.11 Å². The summed E-state index contributed by atoms with van der Waals surface area (Å²) in [5.41, 5.74) is 0. The van der Waals surface area contributed by atoms with E-state index < -0.39 is 12.1 Å². The second-order valence-electron chi connectivity index (χ2n) is 3.25. The molecule has 0 spiro atoms. The van der Waals surface area contributed by atoms with Crippen molar-refractivity contribution in [2.45, 2.75) is 31.8 Å². The fraction of sp³-hybridized carbons (Fsp3) is 0.636. The molecule has 0 aromatic rings. The lowest BCUT2D eigenvalue weighted by molar-refractivity contribution is -0.150. The lowest BCUT2D eigenvalue weighted by atomic mass is 10.2. The largest absolute Gasteiger partial charge is 0.467 e. The van der Waals surface area contributed by atoms with Crippen molar-refractivity contribution in [2.24, 2.45) is 0 Å². The first-order chi connectivity index (χ1) is 7.61. The third-order valence-electron chi connectivity index (χ3n) is 1.94. The van der Waals surface area contributed by atoms with Crippen LogP contribution in [0.3, 0.4) is 0 Å². The number of methoxy groups -OCH3 is 1. The first kappa shape index (κ1) is 14.5. The number of terminal acetylenes is 1. The Morgan fingerprint density at radius 3 is 2.75 bits per heavy atom. The number of aliphatic hydroxyl groups excluding tert-OH is 1. The van der Waals surface area contributed by atoms with Gasteiger partial charge in [0, 0.05) is 12.8 Å². The highest BCUT2D eigenvalue weighted by Gasteiger charge is 2.15. The molecule has 1 amide bonds. The van der Waals surface area contributed by atoms with Gasteiger partial charge in [-0.3, -0.25) is 4.79 Å². The number of carbonyl (C=O) groups is 2. The Labute approximate surface area is 95.2 Å². The van der Waals surface area contributed by atoms with Crippen LogP contribution in [0, 0.1) is 12.3 Å². The van der Waals surface area contributed by atoms with Crippen LogP contribution in [0.4, 0.5) is 0 Å². The number of hydrogen-bond acceptors (Lipinski definition) is 4. The first-order valence-electron chi connectivity index (χ1n) is 5.08. The van der Waals surface area contributed by atoms with Crippen molar-refractivity contribution in [3.63, 3.8) is 0 Å². The number of amides is 1. The highest BCUT2D eigenvalue weighted by atomic mass is 16.5. The number of unbranched alkanes of at least 4 members (excludes halogenated alkanes) is 2. The van der Waals surface area contributed by atoms with E-state index >= 15 is 0 Å². The van der Waals surface area contributed by atoms with E-state index in [1.807, 2.05) is 0 Å². The molecule has 5 heteroatoms. The SMILES string of the molecule is C#CCCCCC(=O)NCC(O)C(=O)OC. The molecule has 2 N–H and O–H groups in total. The number of nitrogens with one attached hydrogen (secondary N) is 1. The van der Waals surface area contributed by atoms with Gasteiger partial charge in [0.2, 0.25) is 5.91 Å². The van der Waals surface area contributed by atoms with E-state index in [-0.39, 0.29) is 12.5 Å². The zero-order valence-corrected chi connectivity index (χ0v) is 9.36. The Morgan fingerprint density at radius 1 is 1.50 bits per heavy atom. The highest BCUT2D eigenvalue weighted by molar-refractivity contribution is 5.78. The van der Waals surface area contributed by atoms with Crippen molar-refractivity contribution in [3.8, 4) is 12.3 Å². The summed E-state index contributed by atoms with van der Waals surface area (Å²) >= 11 is 0. The summed E-state index contributed by atoms with van der Waals surface area (Å²) in [6.45, 7) is -0.124. The Kier molecular flexibility index (Phi) is 7.90. The minimum atomic E-state index is -1.31. The monoisotopic (exact) mass is 227 g/mol. The van der Waals surface area contributed by atoms with Crippen LogP contribution >= 0.6 is 0 Å². The molecule has 0 rings (SSSR count). The summed E-state index contributed by atoms with van der Waals surface area (Å²) in [7, 11) is 1.17. The number of hydrogen-bond donors (Lipinski definition) is 2. The van der Waals surface area contributed by atoms with Crippen LogP contribution < -0.4 is 5.32 Å². The van der Waals surface area contributed by atoms with Gasteiger partial charge in [-0.1, -0.05) is 0 Å². The van der Waals surface area contributed by atoms with Crippen LogP contribution in [0.15, 0.2) is 0 Å². The Bertz CT molecular complexity index is 270. The van der Waals surface area contributed by atoms with Crippen molar-refractivity contribution in [3.05, 3.63) is 0 Å². The second-order valence-corrected chi connectivity index (χ2v) is 3.25. The minimum Gasteiger partial charge on any atom is -0.467 e. The number of rotatable bonds is 7. The van der Waals surface area contributed by atoms with Gasteiger partial charge in [0.15, 0.2) is 6.10 Å². The highest BCUT2D eigenvalue weighted by Crippen LogP contribution is 1.98. The molecule has 0 radical (unpaired) electrons. The summed E-state index contributed by atoms with van der Waals surface area (Å²) in [6.07, 6.45) is 6.24. The second kappa shape index (κ2) is 8.74. The average Bonchev–Trinajstić information content (AvgIpc) is 2.30. The standard InChI is InChI=1S/C11H17NO4/c1-3-4-5-6-7-10(14)12-8-9(13)11(15)16-2/h1,9,13H,4-8H2,2H3,(H,12,14). The third-order valence-corrected chi connectivity index (χ3v) is 1.94. The molecule has 0 aliphatic heterocycles. The maximum Gasteiger partial charge on any atom is 0.336 e. The third kappa shape index (κ3) is 6.85. The minimum absolute atomic E-state index is 0.124. The van der Waals surface area contributed by atoms with E-state index in [0.717, 1.165) is 6.42 Å². The van der Waals surface area contributed by atoms with Crippen LogP contribution in [-0.4, -0.2) is 36.7 Å². The zero-order valence-electron chi connectivity index (χ0n) is 9.36. The number of carbonyl (C=O) groups excluding carboxylic acids is 2. The van der Waals surface area contributed by atoms with Gasteiger partial charge in [0.25, 0.3) is 0 Å². The molecule has 0 aliphatic rings. The van der Waals surface area contributed by atoms with E-state index in [0.29, 0.717) is 19.3 Å². The smallest absolute Gasteiger partial charge is 0.336 e. The van der Waals surface area contributed by atoms with Gasteiger partial charge in [0.1, 0.15) is 0 Å². The molecule has 0 saturated heterocycles. The number of aliphatic hydroxyl groups is 1. The molecule has 1 unspecified atom stereocenters. The lowest BCUT2D eigenvalue weighted by Gasteiger charge is -2.09. The van der Waals surface area contributed by atoms with Crippen LogP contribution in [0.2, 0.25) is 0 Å². The number of esters is 1. The molecule has 0 aromatic carbocycles. The van der Waals surface area contributed by atoms with E-state index in [2.05, 4.69) is 16.0 Å². The summed E-state index contributed by atoms with van der Waals surface area (Å²) in [5, 5.41) is 11.6. The first-order valence-corrected chi connectivity index (χ1v) is 5.08. The van der Waals surface area contributed by atoms with Crippen molar-refractivity contribution < 1.29 is 19.4 Å². The zero-order chi connectivity index (χ0) is 12.4. The van der Waals surface area contributed by atoms with Gasteiger partial charge in [-0.25, -0.2) is 4.79 Å². The predicted octanol–water partition coefficient (Wildman–Crippen LogP) is -0.170. The van der Waals surface area contributed by atoms with Gasteiger partial charge in [0.05, 0.1) is 13.7 Å². The van der Waals surface area contributed by atoms with Gasteiger partial charge < -0.3 is 15.2 Å². The maximum atomic E-state index is 11.2. The van der Waals surface area contributed by atoms with E-state index in [1.54, 1.807) is 0 Å². The predicted molar refractivity (Wildman–Crippen MR) is 58.3 cm³/mol. The fourth-order valence-corrected chi connectivity index (χ4v) is 1.03. The quantitative estimate of drug-likeness (QED) is 0.360. The molecule has 0 bridgehead atoms. The lowest BCUT2D eigenvalue weighted by Crippen LogP contribution is -2.37. The molecule has 0 heterocycles. The summed E-state index contributed by atoms with van der Waals surface area (Å²) in [4.78, 5) is 22.0. The number of ether oxygens (including phenoxy) is 1. The molecule has 1 atom stereocenters. The van der Waals surface area contributed by atoms with Gasteiger partial charge in [-0.15, -0.1) is 12.3 Å². The van der Waals surface area contributed by atoms with Crippen molar-refractivity contribution in [1.82, 2.24) is 5.32 Å². The van der Waals surface area contributed by atoms with Crippen LogP contribution in [0.1, 0.15) is 25.7 Å². The molecule has 0 aliphatic carbocycles. The van der Waals surface area contributed by atoms with Crippen LogP contribution in [0.5, 0.6) is 0 Å². The van der Waals surface area contributed by atoms with E-state index in [4.69, 9.17) is 11.5 Å². The van der Waals surface area contributed by atoms with Gasteiger partial charge >= 0.3 is 5.97 Å². The Morgan fingerprint density at radius 2 is 2.19 bits per heavy atom. The average molecular weight is 227 g/mol.